The first kappa shape index (κ1) is 17.4. The van der Waals surface area contributed by atoms with Crippen LogP contribution in [-0.4, -0.2) is 34.0 Å². The predicted octanol–water partition coefficient (Wildman–Crippen LogP) is 4.66. The van der Waals surface area contributed by atoms with Crippen molar-refractivity contribution in [1.29, 1.82) is 0 Å². The zero-order valence-electron chi connectivity index (χ0n) is 12.9. The summed E-state index contributed by atoms with van der Waals surface area (Å²) >= 11 is 5.74. The second kappa shape index (κ2) is 7.65. The van der Waals surface area contributed by atoms with E-state index in [9.17, 15) is 13.2 Å². The lowest BCUT2D eigenvalue weighted by Crippen LogP contribution is -2.22. The first-order valence-electron chi connectivity index (χ1n) is 7.44. The largest absolute Gasteiger partial charge is 0.424 e. The summed E-state index contributed by atoms with van der Waals surface area (Å²) in [7, 11) is 0. The quantitative estimate of drug-likeness (QED) is 0.635. The van der Waals surface area contributed by atoms with E-state index < -0.39 is 19.0 Å². The Bertz CT molecular complexity index is 858. The predicted molar refractivity (Wildman–Crippen MR) is 88.3 cm³/mol. The van der Waals surface area contributed by atoms with Gasteiger partial charge >= 0.3 is 6.01 Å². The van der Waals surface area contributed by atoms with Gasteiger partial charge in [-0.1, -0.05) is 23.7 Å². The number of ether oxygens (including phenoxy) is 1. The van der Waals surface area contributed by atoms with Crippen molar-refractivity contribution in [2.24, 2.45) is 0 Å². The molecule has 0 amide bonds. The Hall–Kier alpha value is -2.41. The smallest absolute Gasteiger partial charge is 0.321 e. The van der Waals surface area contributed by atoms with E-state index in [0.29, 0.717) is 16.2 Å². The summed E-state index contributed by atoms with van der Waals surface area (Å²) < 4.78 is 45.1. The van der Waals surface area contributed by atoms with E-state index in [1.165, 1.54) is 18.6 Å². The number of aromatic nitrogens is 3. The highest BCUT2D eigenvalue weighted by atomic mass is 35.5. The topological polar surface area (TPSA) is 47.9 Å². The Morgan fingerprint density at radius 1 is 1.04 bits per heavy atom. The number of fused-ring (bicyclic) bond motifs is 1. The van der Waals surface area contributed by atoms with Crippen LogP contribution in [0.3, 0.4) is 0 Å². The molecule has 130 valence electrons. The molecule has 3 aromatic rings. The van der Waals surface area contributed by atoms with E-state index in [1.54, 1.807) is 24.3 Å². The van der Waals surface area contributed by atoms with Crippen molar-refractivity contribution in [3.8, 4) is 11.8 Å². The second-order valence-electron chi connectivity index (χ2n) is 5.29. The lowest BCUT2D eigenvalue weighted by molar-refractivity contribution is 0.136. The third-order valence-corrected chi connectivity index (χ3v) is 3.75. The summed E-state index contributed by atoms with van der Waals surface area (Å²) in [6, 6.07) is 6.93. The molecule has 0 spiro atoms. The molecule has 0 aliphatic carbocycles. The number of alkyl halides is 3. The number of nitrogens with zero attached hydrogens (tertiary/aromatic N) is 3. The number of pyridine rings is 1. The maximum absolute atomic E-state index is 13.9. The average Bonchev–Trinajstić information content (AvgIpc) is 2.63. The molecule has 25 heavy (non-hydrogen) atoms. The molecule has 2 aromatic heterocycles. The Morgan fingerprint density at radius 2 is 1.80 bits per heavy atom. The van der Waals surface area contributed by atoms with Crippen molar-refractivity contribution in [3.63, 3.8) is 0 Å². The molecule has 2 unspecified atom stereocenters. The van der Waals surface area contributed by atoms with Gasteiger partial charge in [0.15, 0.2) is 6.17 Å². The van der Waals surface area contributed by atoms with Gasteiger partial charge in [-0.25, -0.2) is 23.1 Å². The van der Waals surface area contributed by atoms with Crippen molar-refractivity contribution < 1.29 is 17.9 Å². The van der Waals surface area contributed by atoms with Crippen LogP contribution in [0, 0.1) is 0 Å². The molecule has 0 aliphatic rings. The van der Waals surface area contributed by atoms with Gasteiger partial charge in [0, 0.05) is 18.0 Å². The number of hydrogen-bond acceptors (Lipinski definition) is 4. The number of rotatable bonds is 6. The minimum absolute atomic E-state index is 0.0515. The van der Waals surface area contributed by atoms with Gasteiger partial charge < -0.3 is 4.74 Å². The number of hydrogen-bond donors (Lipinski definition) is 0. The van der Waals surface area contributed by atoms with Gasteiger partial charge in [-0.05, 0) is 17.5 Å². The van der Waals surface area contributed by atoms with E-state index >= 15 is 0 Å². The summed E-state index contributed by atoms with van der Waals surface area (Å²) in [6.07, 6.45) is -0.325. The first-order valence-corrected chi connectivity index (χ1v) is 7.82. The molecular weight excluding hydrogens is 355 g/mol. The molecule has 4 nitrogen and oxygen atoms in total. The van der Waals surface area contributed by atoms with Gasteiger partial charge in [-0.3, -0.25) is 4.98 Å². The van der Waals surface area contributed by atoms with Crippen molar-refractivity contribution in [1.82, 2.24) is 15.0 Å². The molecule has 1 aromatic carbocycles. The Labute approximate surface area is 146 Å². The molecule has 2 atom stereocenters. The van der Waals surface area contributed by atoms with Gasteiger partial charge in [-0.15, -0.1) is 0 Å². The van der Waals surface area contributed by atoms with Gasteiger partial charge in [0.2, 0.25) is 0 Å². The monoisotopic (exact) mass is 367 g/mol. The lowest BCUT2D eigenvalue weighted by Gasteiger charge is -2.14. The SMILES string of the molecule is FCC(F)C(F)Cc1nccc2cccc(Oc3ncc(Cl)cn3)c12. The van der Waals surface area contributed by atoms with E-state index in [-0.39, 0.29) is 18.1 Å². The molecule has 0 bridgehead atoms. The van der Waals surface area contributed by atoms with Gasteiger partial charge in [-0.2, -0.15) is 0 Å². The van der Waals surface area contributed by atoms with E-state index in [4.69, 9.17) is 16.3 Å². The van der Waals surface area contributed by atoms with Crippen LogP contribution in [0.15, 0.2) is 42.9 Å². The first-order chi connectivity index (χ1) is 12.1. The van der Waals surface area contributed by atoms with Gasteiger partial charge in [0.05, 0.1) is 23.1 Å². The molecule has 0 saturated carbocycles. The number of benzene rings is 1. The molecule has 0 saturated heterocycles. The fraction of sp³-hybridized carbons (Fsp3) is 0.235. The third kappa shape index (κ3) is 3.99. The maximum atomic E-state index is 13.9. The van der Waals surface area contributed by atoms with Gasteiger partial charge in [0.25, 0.3) is 0 Å². The summed E-state index contributed by atoms with van der Waals surface area (Å²) in [5.74, 6) is 0.339. The van der Waals surface area contributed by atoms with Gasteiger partial charge in [0.1, 0.15) is 18.6 Å². The molecule has 0 fully saturated rings. The molecule has 0 radical (unpaired) electrons. The summed E-state index contributed by atoms with van der Waals surface area (Å²) in [5, 5.41) is 1.57. The zero-order valence-corrected chi connectivity index (χ0v) is 13.6. The van der Waals surface area contributed by atoms with E-state index in [0.717, 1.165) is 5.39 Å². The molecule has 8 heteroatoms. The fourth-order valence-corrected chi connectivity index (χ4v) is 2.47. The van der Waals surface area contributed by atoms with Crippen LogP contribution in [0.2, 0.25) is 5.02 Å². The maximum Gasteiger partial charge on any atom is 0.321 e. The minimum Gasteiger partial charge on any atom is -0.424 e. The van der Waals surface area contributed by atoms with Crippen LogP contribution in [0.25, 0.3) is 10.8 Å². The summed E-state index contributed by atoms with van der Waals surface area (Å²) in [5.41, 5.74) is 0.269. The zero-order chi connectivity index (χ0) is 17.8. The molecule has 3 rings (SSSR count). The standard InChI is InChI=1S/C17H13ClF3N3O/c18-11-8-23-17(24-9-11)25-15-3-1-2-10-4-5-22-14(16(10)15)6-12(20)13(21)7-19/h1-5,8-9,12-13H,6-7H2. The highest BCUT2D eigenvalue weighted by molar-refractivity contribution is 6.30. The minimum atomic E-state index is -2.19. The Kier molecular flexibility index (Phi) is 5.33. The number of halogens is 4. The van der Waals surface area contributed by atoms with Crippen molar-refractivity contribution in [3.05, 3.63) is 53.6 Å². The Balaban J connectivity index is 1.99. The second-order valence-corrected chi connectivity index (χ2v) is 5.72. The fourth-order valence-electron chi connectivity index (χ4n) is 2.37. The lowest BCUT2D eigenvalue weighted by atomic mass is 10.0. The molecule has 0 N–H and O–H groups in total. The molecule has 2 heterocycles. The van der Waals surface area contributed by atoms with Crippen LogP contribution >= 0.6 is 11.6 Å². The van der Waals surface area contributed by atoms with Crippen LogP contribution < -0.4 is 4.74 Å². The van der Waals surface area contributed by atoms with Crippen LogP contribution in [0.5, 0.6) is 11.8 Å². The summed E-state index contributed by atoms with van der Waals surface area (Å²) in [4.78, 5) is 12.0. The van der Waals surface area contributed by atoms with Crippen LogP contribution in [0.1, 0.15) is 5.69 Å². The van der Waals surface area contributed by atoms with E-state index in [2.05, 4.69) is 15.0 Å². The van der Waals surface area contributed by atoms with Crippen molar-refractivity contribution in [2.75, 3.05) is 6.67 Å². The van der Waals surface area contributed by atoms with Crippen LogP contribution in [-0.2, 0) is 6.42 Å². The normalized spacial score (nSPS) is 13.6. The van der Waals surface area contributed by atoms with Crippen molar-refractivity contribution >= 4 is 22.4 Å². The molecule has 0 aliphatic heterocycles. The molecular formula is C17H13ClF3N3O. The third-order valence-electron chi connectivity index (χ3n) is 3.56. The summed E-state index contributed by atoms with van der Waals surface area (Å²) in [6.45, 7) is -1.38. The van der Waals surface area contributed by atoms with E-state index in [1.807, 2.05) is 0 Å². The Morgan fingerprint density at radius 3 is 2.52 bits per heavy atom. The highest BCUT2D eigenvalue weighted by Gasteiger charge is 2.23. The van der Waals surface area contributed by atoms with Crippen molar-refractivity contribution in [2.45, 2.75) is 18.8 Å². The highest BCUT2D eigenvalue weighted by Crippen LogP contribution is 2.31. The average molecular weight is 368 g/mol. The van der Waals surface area contributed by atoms with Crippen LogP contribution in [0.4, 0.5) is 13.2 Å².